The predicted octanol–water partition coefficient (Wildman–Crippen LogP) is 4.32. The smallest absolute Gasteiger partial charge is 0.416 e. The molecule has 7 nitrogen and oxygen atoms in total. The zero-order valence-electron chi connectivity index (χ0n) is 21.1. The lowest BCUT2D eigenvalue weighted by molar-refractivity contribution is -0.152. The highest BCUT2D eigenvalue weighted by atomic mass is 19.4. The molecule has 5 rings (SSSR count). The second kappa shape index (κ2) is 9.85. The summed E-state index contributed by atoms with van der Waals surface area (Å²) >= 11 is 0. The normalized spacial score (nSPS) is 24.5. The molecule has 2 amide bonds. The number of nitrogens with zero attached hydrogens (tertiary/aromatic N) is 1. The molecule has 0 saturated carbocycles. The second-order valence-electron chi connectivity index (χ2n) is 9.58. The lowest BCUT2D eigenvalue weighted by Crippen LogP contribution is -2.57. The molecule has 0 aromatic heterocycles. The Labute approximate surface area is 222 Å². The summed E-state index contributed by atoms with van der Waals surface area (Å²) in [5, 5.41) is 3.26. The van der Waals surface area contributed by atoms with Crippen LogP contribution in [0.4, 0.5) is 18.9 Å². The van der Waals surface area contributed by atoms with Gasteiger partial charge in [0.05, 0.1) is 37.3 Å². The molecule has 0 radical (unpaired) electrons. The Morgan fingerprint density at radius 3 is 2.26 bits per heavy atom. The average Bonchev–Trinajstić information content (AvgIpc) is 3.42. The van der Waals surface area contributed by atoms with Gasteiger partial charge < -0.3 is 9.47 Å². The zero-order valence-corrected chi connectivity index (χ0v) is 21.1. The van der Waals surface area contributed by atoms with E-state index in [4.69, 9.17) is 9.47 Å². The van der Waals surface area contributed by atoms with Crippen molar-refractivity contribution in [3.63, 3.8) is 0 Å². The number of hydrogen-bond acceptors (Lipinski definition) is 6. The van der Waals surface area contributed by atoms with Crippen molar-refractivity contribution < 1.29 is 37.0 Å². The Hall–Kier alpha value is -4.18. The van der Waals surface area contributed by atoms with Gasteiger partial charge >= 0.3 is 12.1 Å². The molecule has 39 heavy (non-hydrogen) atoms. The second-order valence-corrected chi connectivity index (χ2v) is 9.58. The van der Waals surface area contributed by atoms with E-state index in [0.717, 1.165) is 23.1 Å². The van der Waals surface area contributed by atoms with Gasteiger partial charge in [-0.1, -0.05) is 48.5 Å². The summed E-state index contributed by atoms with van der Waals surface area (Å²) in [4.78, 5) is 42.2. The minimum Gasteiger partial charge on any atom is -0.497 e. The van der Waals surface area contributed by atoms with Crippen molar-refractivity contribution in [2.75, 3.05) is 19.1 Å². The fraction of sp³-hybridized carbons (Fsp3) is 0.276. The van der Waals surface area contributed by atoms with Gasteiger partial charge in [0.25, 0.3) is 0 Å². The van der Waals surface area contributed by atoms with Gasteiger partial charge in [0.15, 0.2) is 0 Å². The van der Waals surface area contributed by atoms with Gasteiger partial charge in [-0.3, -0.25) is 19.7 Å². The van der Waals surface area contributed by atoms with Gasteiger partial charge in [-0.2, -0.15) is 13.2 Å². The van der Waals surface area contributed by atoms with Crippen LogP contribution in [0.5, 0.6) is 5.75 Å². The Morgan fingerprint density at radius 2 is 1.64 bits per heavy atom. The van der Waals surface area contributed by atoms with Gasteiger partial charge in [0.2, 0.25) is 11.8 Å². The van der Waals surface area contributed by atoms with Crippen molar-refractivity contribution in [2.45, 2.75) is 24.2 Å². The van der Waals surface area contributed by atoms with Gasteiger partial charge in [-0.05, 0) is 41.5 Å². The molecule has 2 saturated heterocycles. The number of carbonyl (C=O) groups is 3. The van der Waals surface area contributed by atoms with Gasteiger partial charge in [0, 0.05) is 12.5 Å². The highest BCUT2D eigenvalue weighted by Crippen LogP contribution is 2.51. The van der Waals surface area contributed by atoms with Gasteiger partial charge in [0.1, 0.15) is 11.3 Å². The first kappa shape index (κ1) is 26.4. The number of alkyl halides is 3. The first-order chi connectivity index (χ1) is 18.6. The molecular weight excluding hydrogens is 513 g/mol. The molecule has 0 unspecified atom stereocenters. The van der Waals surface area contributed by atoms with Crippen LogP contribution in [-0.2, 0) is 31.7 Å². The third-order valence-electron chi connectivity index (χ3n) is 7.44. The predicted molar refractivity (Wildman–Crippen MR) is 135 cm³/mol. The standard InChI is InChI=1S/C29H25F3N2O5/c1-38-21-13-11-18(12-14-21)24-22-23(28(33-24,27(37)39-2)16-17-7-4-3-5-8-17)26(36)34(25(22)35)20-10-6-9-19(15-20)29(30,31)32/h3-15,22-24,33H,16H2,1-2H3/t22-,23-,24+,28+/m1/s1. The summed E-state index contributed by atoms with van der Waals surface area (Å²) in [6, 6.07) is 19.0. The number of ether oxygens (including phenoxy) is 2. The quantitative estimate of drug-likeness (QED) is 0.372. The summed E-state index contributed by atoms with van der Waals surface area (Å²) in [5.41, 5.74) is -1.54. The van der Waals surface area contributed by atoms with Crippen LogP contribution in [0.15, 0.2) is 78.9 Å². The highest BCUT2D eigenvalue weighted by Gasteiger charge is 2.69. The fourth-order valence-corrected chi connectivity index (χ4v) is 5.70. The molecule has 2 heterocycles. The number of fused-ring (bicyclic) bond motifs is 1. The molecule has 0 spiro atoms. The number of imide groups is 1. The van der Waals surface area contributed by atoms with Crippen LogP contribution in [0.25, 0.3) is 0 Å². The third kappa shape index (κ3) is 4.44. The average molecular weight is 539 g/mol. The Morgan fingerprint density at radius 1 is 0.949 bits per heavy atom. The van der Waals surface area contributed by atoms with E-state index in [-0.39, 0.29) is 12.1 Å². The van der Waals surface area contributed by atoms with Crippen molar-refractivity contribution in [3.05, 3.63) is 95.6 Å². The maximum absolute atomic E-state index is 14.0. The van der Waals surface area contributed by atoms with Gasteiger partial charge in [-0.15, -0.1) is 0 Å². The fourth-order valence-electron chi connectivity index (χ4n) is 5.70. The SMILES string of the molecule is COC(=O)[C@@]1(Cc2ccccc2)N[C@@H](c2ccc(OC)cc2)[C@@H]2C(=O)N(c3cccc(C(F)(F)F)c3)C(=O)[C@@H]21. The molecule has 3 aromatic carbocycles. The molecule has 0 bridgehead atoms. The van der Waals surface area contributed by atoms with Crippen molar-refractivity contribution in [1.82, 2.24) is 5.32 Å². The number of amides is 2. The number of esters is 1. The van der Waals surface area contributed by atoms with E-state index >= 15 is 0 Å². The highest BCUT2D eigenvalue weighted by molar-refractivity contribution is 6.24. The Bertz CT molecular complexity index is 1410. The molecule has 202 valence electrons. The van der Waals surface area contributed by atoms with E-state index in [9.17, 15) is 27.6 Å². The topological polar surface area (TPSA) is 84.9 Å². The molecular formula is C29H25F3N2O5. The van der Waals surface area contributed by atoms with E-state index in [0.29, 0.717) is 16.9 Å². The van der Waals surface area contributed by atoms with Crippen LogP contribution in [-0.4, -0.2) is 37.5 Å². The molecule has 2 aliphatic rings. The summed E-state index contributed by atoms with van der Waals surface area (Å²) in [7, 11) is 2.70. The van der Waals surface area contributed by atoms with E-state index in [1.807, 2.05) is 0 Å². The molecule has 3 aromatic rings. The largest absolute Gasteiger partial charge is 0.497 e. The lowest BCUT2D eigenvalue weighted by Gasteiger charge is -2.32. The number of halogens is 3. The van der Waals surface area contributed by atoms with Crippen LogP contribution in [0.2, 0.25) is 0 Å². The molecule has 2 fully saturated rings. The number of benzene rings is 3. The maximum atomic E-state index is 14.0. The first-order valence-corrected chi connectivity index (χ1v) is 12.2. The van der Waals surface area contributed by atoms with Crippen LogP contribution >= 0.6 is 0 Å². The first-order valence-electron chi connectivity index (χ1n) is 12.2. The number of rotatable bonds is 6. The minimum absolute atomic E-state index is 0.0176. The van der Waals surface area contributed by atoms with E-state index in [1.165, 1.54) is 20.3 Å². The van der Waals surface area contributed by atoms with E-state index in [1.54, 1.807) is 54.6 Å². The molecule has 1 N–H and O–H groups in total. The molecule has 2 aliphatic heterocycles. The molecule has 4 atom stereocenters. The van der Waals surface area contributed by atoms with E-state index < -0.39 is 52.9 Å². The van der Waals surface area contributed by atoms with Gasteiger partial charge in [-0.25, -0.2) is 4.90 Å². The number of anilines is 1. The minimum atomic E-state index is -4.67. The number of hydrogen-bond donors (Lipinski definition) is 1. The Kier molecular flexibility index (Phi) is 6.67. The van der Waals surface area contributed by atoms with Crippen LogP contribution in [0.1, 0.15) is 22.7 Å². The van der Waals surface area contributed by atoms with Crippen LogP contribution in [0, 0.1) is 11.8 Å². The van der Waals surface area contributed by atoms with Crippen molar-refractivity contribution in [1.29, 1.82) is 0 Å². The lowest BCUT2D eigenvalue weighted by atomic mass is 9.76. The zero-order chi connectivity index (χ0) is 27.9. The number of methoxy groups -OCH3 is 2. The van der Waals surface area contributed by atoms with Crippen molar-refractivity contribution in [2.24, 2.45) is 11.8 Å². The summed E-state index contributed by atoms with van der Waals surface area (Å²) in [6.45, 7) is 0. The third-order valence-corrected chi connectivity index (χ3v) is 7.44. The maximum Gasteiger partial charge on any atom is 0.416 e. The summed E-state index contributed by atoms with van der Waals surface area (Å²) in [6.07, 6.45) is -4.66. The number of carbonyl (C=O) groups excluding carboxylic acids is 3. The number of nitrogens with one attached hydrogen (secondary N) is 1. The van der Waals surface area contributed by atoms with Crippen LogP contribution in [0.3, 0.4) is 0 Å². The Balaban J connectivity index is 1.66. The summed E-state index contributed by atoms with van der Waals surface area (Å²) < 4.78 is 50.8. The van der Waals surface area contributed by atoms with Crippen LogP contribution < -0.4 is 15.0 Å². The van der Waals surface area contributed by atoms with E-state index in [2.05, 4.69) is 5.32 Å². The van der Waals surface area contributed by atoms with Crippen molar-refractivity contribution in [3.8, 4) is 5.75 Å². The molecule has 10 heteroatoms. The monoisotopic (exact) mass is 538 g/mol. The summed E-state index contributed by atoms with van der Waals surface area (Å²) in [5.74, 6) is -3.96. The van der Waals surface area contributed by atoms with Crippen molar-refractivity contribution >= 4 is 23.5 Å². The molecule has 0 aliphatic carbocycles.